The molecule has 1 aromatic heterocycles. The fourth-order valence-corrected chi connectivity index (χ4v) is 4.31. The van der Waals surface area contributed by atoms with Gasteiger partial charge in [0.25, 0.3) is 0 Å². The molecule has 2 heterocycles. The van der Waals surface area contributed by atoms with Gasteiger partial charge in [0.05, 0.1) is 15.5 Å². The van der Waals surface area contributed by atoms with Crippen LogP contribution in [-0.2, 0) is 10.2 Å². The van der Waals surface area contributed by atoms with Gasteiger partial charge in [-0.2, -0.15) is 0 Å². The number of fused-ring (bicyclic) bond motifs is 2. The average molecular weight is 418 g/mol. The Labute approximate surface area is 168 Å². The van der Waals surface area contributed by atoms with Crippen LogP contribution in [0.4, 0.5) is 5.69 Å². The highest BCUT2D eigenvalue weighted by Gasteiger charge is 2.51. The summed E-state index contributed by atoms with van der Waals surface area (Å²) in [5, 5.41) is 7.06. The maximum Gasteiger partial charge on any atom is 0.439 e. The van der Waals surface area contributed by atoms with Crippen molar-refractivity contribution in [1.82, 2.24) is 10.1 Å². The van der Waals surface area contributed by atoms with Crippen LogP contribution in [0.25, 0.3) is 11.4 Å². The number of nitrogens with zero attached hydrogens (tertiary/aromatic N) is 1. The van der Waals surface area contributed by atoms with Crippen molar-refractivity contribution in [1.29, 1.82) is 0 Å². The van der Waals surface area contributed by atoms with E-state index in [0.29, 0.717) is 11.3 Å². The molecule has 3 aromatic rings. The number of rotatable bonds is 3. The largest absolute Gasteiger partial charge is 0.454 e. The summed E-state index contributed by atoms with van der Waals surface area (Å²) in [5.41, 5.74) is 1.82. The molecular weight excluding hydrogens is 405 g/mol. The molecule has 0 radical (unpaired) electrons. The van der Waals surface area contributed by atoms with E-state index in [1.165, 1.54) is 0 Å². The van der Waals surface area contributed by atoms with Crippen molar-refractivity contribution in [3.05, 3.63) is 56.5 Å². The summed E-state index contributed by atoms with van der Waals surface area (Å²) in [5.74, 6) is 0.404. The van der Waals surface area contributed by atoms with E-state index in [9.17, 15) is 9.59 Å². The number of ether oxygens (including phenoxy) is 1. The van der Waals surface area contributed by atoms with Crippen molar-refractivity contribution in [2.75, 3.05) is 5.32 Å². The molecule has 9 heteroatoms. The third kappa shape index (κ3) is 2.54. The Morgan fingerprint density at radius 3 is 2.46 bits per heavy atom. The zero-order chi connectivity index (χ0) is 19.5. The van der Waals surface area contributed by atoms with Gasteiger partial charge in [-0.1, -0.05) is 34.8 Å². The van der Waals surface area contributed by atoms with E-state index < -0.39 is 11.2 Å². The average Bonchev–Trinajstić information content (AvgIpc) is 3.17. The number of hydrogen-bond acceptors (Lipinski definition) is 5. The van der Waals surface area contributed by atoms with Crippen molar-refractivity contribution < 1.29 is 14.1 Å². The van der Waals surface area contributed by atoms with Gasteiger partial charge >= 0.3 is 5.76 Å². The second kappa shape index (κ2) is 6.12. The van der Waals surface area contributed by atoms with Crippen molar-refractivity contribution in [2.24, 2.45) is 0 Å². The molecule has 7 nitrogen and oxygen atoms in total. The Morgan fingerprint density at radius 1 is 1.11 bits per heavy atom. The first-order valence-electron chi connectivity index (χ1n) is 8.65. The summed E-state index contributed by atoms with van der Waals surface area (Å²) in [7, 11) is 0. The van der Waals surface area contributed by atoms with Gasteiger partial charge in [0, 0.05) is 11.3 Å². The van der Waals surface area contributed by atoms with Crippen molar-refractivity contribution in [3.8, 4) is 22.9 Å². The minimum absolute atomic E-state index is 0.0490. The topological polar surface area (TPSA) is 97.2 Å². The molecule has 0 saturated heterocycles. The fraction of sp³-hybridized carbons (Fsp3) is 0.211. The van der Waals surface area contributed by atoms with Gasteiger partial charge < -0.3 is 10.1 Å². The number of halogens is 2. The van der Waals surface area contributed by atoms with Crippen molar-refractivity contribution in [3.63, 3.8) is 0 Å². The second-order valence-corrected chi connectivity index (χ2v) is 7.73. The lowest BCUT2D eigenvalue weighted by molar-refractivity contribution is -0.123. The van der Waals surface area contributed by atoms with Crippen LogP contribution in [-0.4, -0.2) is 16.0 Å². The first-order chi connectivity index (χ1) is 13.5. The van der Waals surface area contributed by atoms with Gasteiger partial charge in [-0.25, -0.2) is 4.79 Å². The summed E-state index contributed by atoms with van der Waals surface area (Å²) in [4.78, 5) is 25.9. The molecule has 1 fully saturated rings. The lowest BCUT2D eigenvalue weighted by Gasteiger charge is -2.36. The summed E-state index contributed by atoms with van der Waals surface area (Å²) in [6, 6.07) is 8.59. The van der Waals surface area contributed by atoms with E-state index in [1.54, 1.807) is 18.2 Å². The molecule has 1 amide bonds. The van der Waals surface area contributed by atoms with Crippen LogP contribution < -0.4 is 15.8 Å². The van der Waals surface area contributed by atoms with E-state index in [2.05, 4.69) is 20.0 Å². The number of anilines is 1. The highest BCUT2D eigenvalue weighted by Crippen LogP contribution is 2.52. The molecule has 2 N–H and O–H groups in total. The van der Waals surface area contributed by atoms with Gasteiger partial charge in [-0.3, -0.25) is 14.3 Å². The summed E-state index contributed by atoms with van der Waals surface area (Å²) >= 11 is 12.7. The summed E-state index contributed by atoms with van der Waals surface area (Å²) < 4.78 is 10.4. The quantitative estimate of drug-likeness (QED) is 0.653. The number of amides is 1. The van der Waals surface area contributed by atoms with E-state index in [4.69, 9.17) is 27.9 Å². The number of carbonyl (C=O) groups excluding carboxylic acids is 1. The van der Waals surface area contributed by atoms with Gasteiger partial charge in [0.15, 0.2) is 11.6 Å². The van der Waals surface area contributed by atoms with Crippen LogP contribution in [0.1, 0.15) is 24.8 Å². The number of aromatic nitrogens is 2. The molecular formula is C19H13Cl2N3O4. The standard InChI is InChI=1S/C19H13Cl2N3O4/c20-12-6-9(16-23-18(26)28-24-16)7-13(21)15(12)27-10-2-3-14-11(8-10)19(4-1-5-19)17(25)22-14/h2-3,6-8H,1,4-5H2,(H,22,25)(H,23,24,26). The number of carbonyl (C=O) groups is 1. The Balaban J connectivity index is 1.49. The molecule has 5 rings (SSSR count). The van der Waals surface area contributed by atoms with E-state index in [0.717, 1.165) is 30.5 Å². The second-order valence-electron chi connectivity index (χ2n) is 6.91. The Bertz CT molecular complexity index is 1160. The Morgan fingerprint density at radius 2 is 1.86 bits per heavy atom. The number of benzene rings is 2. The highest BCUT2D eigenvalue weighted by atomic mass is 35.5. The van der Waals surface area contributed by atoms with Crippen LogP contribution in [0.3, 0.4) is 0 Å². The highest BCUT2D eigenvalue weighted by molar-refractivity contribution is 6.37. The van der Waals surface area contributed by atoms with Gasteiger partial charge in [0.2, 0.25) is 5.91 Å². The fourth-order valence-electron chi connectivity index (χ4n) is 3.75. The van der Waals surface area contributed by atoms with Crippen molar-refractivity contribution in [2.45, 2.75) is 24.7 Å². The van der Waals surface area contributed by atoms with E-state index in [-0.39, 0.29) is 27.5 Å². The maximum atomic E-state index is 12.4. The Kier molecular flexibility index (Phi) is 3.79. The third-order valence-electron chi connectivity index (χ3n) is 5.33. The third-order valence-corrected chi connectivity index (χ3v) is 5.89. The van der Waals surface area contributed by atoms with Crippen molar-refractivity contribution >= 4 is 34.8 Å². The number of nitrogens with one attached hydrogen (secondary N) is 2. The van der Waals surface area contributed by atoms with Gasteiger partial charge in [0.1, 0.15) is 5.75 Å². The van der Waals surface area contributed by atoms with Crippen LogP contribution in [0.5, 0.6) is 11.5 Å². The summed E-state index contributed by atoms with van der Waals surface area (Å²) in [6.07, 6.45) is 2.70. The zero-order valence-corrected chi connectivity index (χ0v) is 15.9. The molecule has 142 valence electrons. The molecule has 1 spiro atoms. The lowest BCUT2D eigenvalue weighted by Crippen LogP contribution is -2.40. The van der Waals surface area contributed by atoms with Crippen LogP contribution in [0.15, 0.2) is 39.6 Å². The van der Waals surface area contributed by atoms with Crippen LogP contribution in [0.2, 0.25) is 10.0 Å². The molecule has 0 atom stereocenters. The smallest absolute Gasteiger partial charge is 0.439 e. The van der Waals surface area contributed by atoms with E-state index >= 15 is 0 Å². The zero-order valence-electron chi connectivity index (χ0n) is 14.3. The van der Waals surface area contributed by atoms with Gasteiger partial charge in [-0.05, 0) is 48.7 Å². The predicted molar refractivity (Wildman–Crippen MR) is 103 cm³/mol. The molecule has 2 aliphatic rings. The van der Waals surface area contributed by atoms with E-state index in [1.807, 2.05) is 12.1 Å². The van der Waals surface area contributed by atoms with Crippen LogP contribution in [0, 0.1) is 0 Å². The molecule has 1 saturated carbocycles. The Hall–Kier alpha value is -2.77. The first-order valence-corrected chi connectivity index (χ1v) is 9.41. The normalized spacial score (nSPS) is 16.6. The molecule has 2 aromatic carbocycles. The summed E-state index contributed by atoms with van der Waals surface area (Å²) in [6.45, 7) is 0. The monoisotopic (exact) mass is 417 g/mol. The minimum Gasteiger partial charge on any atom is -0.454 e. The van der Waals surface area contributed by atoms with Crippen LogP contribution >= 0.6 is 23.2 Å². The number of hydrogen-bond donors (Lipinski definition) is 2. The molecule has 0 bridgehead atoms. The molecule has 28 heavy (non-hydrogen) atoms. The SMILES string of the molecule is O=C1Nc2ccc(Oc3c(Cl)cc(-c4noc(=O)[nH]4)cc3Cl)cc2C12CCC2. The minimum atomic E-state index is -0.672. The molecule has 1 aliphatic carbocycles. The number of H-pyrrole nitrogens is 1. The maximum absolute atomic E-state index is 12.4. The molecule has 0 unspecified atom stereocenters. The predicted octanol–water partition coefficient (Wildman–Crippen LogP) is 4.50. The number of aromatic amines is 1. The molecule has 1 aliphatic heterocycles. The van der Waals surface area contributed by atoms with Gasteiger partial charge in [-0.15, -0.1) is 0 Å². The lowest BCUT2D eigenvalue weighted by atomic mass is 9.65. The first kappa shape index (κ1) is 17.3.